The second-order valence-corrected chi connectivity index (χ2v) is 8.92. The van der Waals surface area contributed by atoms with Crippen LogP contribution in [0.1, 0.15) is 31.5 Å². The van der Waals surface area contributed by atoms with E-state index in [0.717, 1.165) is 70.2 Å². The zero-order valence-corrected chi connectivity index (χ0v) is 17.9. The minimum absolute atomic E-state index is 0.142. The molecule has 2 aromatic rings. The van der Waals surface area contributed by atoms with Crippen molar-refractivity contribution >= 4 is 11.7 Å². The van der Waals surface area contributed by atoms with Crippen molar-refractivity contribution in [3.8, 4) is 0 Å². The second kappa shape index (κ2) is 8.92. The summed E-state index contributed by atoms with van der Waals surface area (Å²) >= 11 is 0. The van der Waals surface area contributed by atoms with Gasteiger partial charge < -0.3 is 19.9 Å². The average molecular weight is 426 g/mol. The lowest BCUT2D eigenvalue weighted by atomic mass is 9.61. The maximum atomic E-state index is 13.7. The van der Waals surface area contributed by atoms with Crippen LogP contribution in [-0.4, -0.2) is 76.2 Å². The van der Waals surface area contributed by atoms with Crippen LogP contribution in [0.5, 0.6) is 0 Å². The lowest BCUT2D eigenvalue weighted by Gasteiger charge is -2.53. The number of aromatic nitrogens is 4. The van der Waals surface area contributed by atoms with Gasteiger partial charge in [-0.3, -0.25) is 14.7 Å². The van der Waals surface area contributed by atoms with Gasteiger partial charge in [-0.15, -0.1) is 0 Å². The highest BCUT2D eigenvalue weighted by atomic mass is 16.5. The highest BCUT2D eigenvalue weighted by molar-refractivity contribution is 5.84. The van der Waals surface area contributed by atoms with E-state index in [1.165, 1.54) is 0 Å². The van der Waals surface area contributed by atoms with Gasteiger partial charge in [0.1, 0.15) is 11.6 Å². The molecule has 1 amide bonds. The molecule has 0 aromatic carbocycles. The molecule has 3 aliphatic rings. The molecule has 2 saturated heterocycles. The summed E-state index contributed by atoms with van der Waals surface area (Å²) in [6.07, 6.45) is 12.7. The number of anilines is 1. The predicted molar refractivity (Wildman–Crippen MR) is 115 cm³/mol. The number of piperidine rings is 1. The summed E-state index contributed by atoms with van der Waals surface area (Å²) < 4.78 is 5.55. The quantitative estimate of drug-likeness (QED) is 0.743. The summed E-state index contributed by atoms with van der Waals surface area (Å²) in [4.78, 5) is 34.5. The molecule has 31 heavy (non-hydrogen) atoms. The molecule has 0 spiro atoms. The Kier molecular flexibility index (Phi) is 5.87. The van der Waals surface area contributed by atoms with Gasteiger partial charge in [-0.25, -0.2) is 9.97 Å². The van der Waals surface area contributed by atoms with Crippen LogP contribution in [0, 0.1) is 11.3 Å². The molecule has 0 radical (unpaired) electrons. The summed E-state index contributed by atoms with van der Waals surface area (Å²) in [7, 11) is 0. The Balaban J connectivity index is 1.35. The predicted octanol–water partition coefficient (Wildman–Crippen LogP) is 1.21. The van der Waals surface area contributed by atoms with Gasteiger partial charge in [0.2, 0.25) is 5.91 Å². The Morgan fingerprint density at radius 3 is 2.87 bits per heavy atom. The number of fused-ring (bicyclic) bond motifs is 1. The molecule has 9 heteroatoms. The van der Waals surface area contributed by atoms with Gasteiger partial charge in [0.15, 0.2) is 0 Å². The van der Waals surface area contributed by atoms with E-state index >= 15 is 0 Å². The Labute approximate surface area is 182 Å². The number of carbonyl (C=O) groups excluding carboxylic acids is 1. The molecule has 0 bridgehead atoms. The summed E-state index contributed by atoms with van der Waals surface area (Å²) in [5, 5.41) is 3.18. The number of imidazole rings is 1. The fraction of sp³-hybridized carbons (Fsp3) is 0.636. The number of nitrogens with one attached hydrogen (secondary N) is 2. The molecule has 9 nitrogen and oxygen atoms in total. The summed E-state index contributed by atoms with van der Waals surface area (Å²) in [5.41, 5.74) is -0.412. The van der Waals surface area contributed by atoms with Crippen molar-refractivity contribution in [3.05, 3.63) is 36.8 Å². The monoisotopic (exact) mass is 425 g/mol. The number of carbonyl (C=O) groups is 1. The largest absolute Gasteiger partial charge is 0.379 e. The van der Waals surface area contributed by atoms with Crippen molar-refractivity contribution in [1.82, 2.24) is 30.2 Å². The van der Waals surface area contributed by atoms with E-state index in [0.29, 0.717) is 25.0 Å². The lowest BCUT2D eigenvalue weighted by Crippen LogP contribution is -2.61. The molecule has 0 unspecified atom stereocenters. The normalized spacial score (nSPS) is 29.4. The van der Waals surface area contributed by atoms with Gasteiger partial charge >= 0.3 is 0 Å². The van der Waals surface area contributed by atoms with Crippen molar-refractivity contribution in [3.63, 3.8) is 0 Å². The van der Waals surface area contributed by atoms with Crippen LogP contribution >= 0.6 is 0 Å². The summed E-state index contributed by atoms with van der Waals surface area (Å²) in [6.45, 7) is 5.66. The number of hydrogen-bond acceptors (Lipinski definition) is 7. The first kappa shape index (κ1) is 20.4. The van der Waals surface area contributed by atoms with Gasteiger partial charge in [-0.1, -0.05) is 0 Å². The molecular formula is C22H31N7O2. The third-order valence-electron chi connectivity index (χ3n) is 7.34. The SMILES string of the molecule is O=C(NCc1ncc[nH]1)[C@@]12CC[C@H](N3CCOCC3)C[C@H]1CCN(c1cnccn1)C2. The number of rotatable bonds is 5. The zero-order valence-electron chi connectivity index (χ0n) is 17.9. The summed E-state index contributed by atoms with van der Waals surface area (Å²) in [5.74, 6) is 2.14. The van der Waals surface area contributed by atoms with Crippen molar-refractivity contribution in [2.75, 3.05) is 44.3 Å². The third kappa shape index (κ3) is 4.16. The highest BCUT2D eigenvalue weighted by Crippen LogP contribution is 2.48. The molecular weight excluding hydrogens is 394 g/mol. The topological polar surface area (TPSA) is 99.3 Å². The Hall–Kier alpha value is -2.52. The number of H-pyrrole nitrogens is 1. The first-order valence-corrected chi connectivity index (χ1v) is 11.3. The first-order valence-electron chi connectivity index (χ1n) is 11.3. The fourth-order valence-electron chi connectivity index (χ4n) is 5.66. The standard InChI is InChI=1S/C22H31N7O2/c30-21(27-14-19-24-6-7-25-19)22-3-1-18(28-9-11-31-12-10-28)13-17(22)2-8-29(16-22)20-15-23-4-5-26-20/h4-7,15,17-18H,1-3,8-14,16H2,(H,24,25)(H,27,30)/t17-,18+,22-/m1/s1. The number of hydrogen-bond donors (Lipinski definition) is 2. The maximum absolute atomic E-state index is 13.7. The Bertz CT molecular complexity index is 856. The molecule has 1 saturated carbocycles. The maximum Gasteiger partial charge on any atom is 0.228 e. The molecule has 3 atom stereocenters. The number of ether oxygens (including phenoxy) is 1. The van der Waals surface area contributed by atoms with Crippen LogP contribution < -0.4 is 10.2 Å². The van der Waals surface area contributed by atoms with E-state index in [2.05, 4.69) is 35.1 Å². The molecule has 1 aliphatic carbocycles. The molecule has 166 valence electrons. The Morgan fingerprint density at radius 1 is 1.19 bits per heavy atom. The van der Waals surface area contributed by atoms with Crippen molar-refractivity contribution in [2.24, 2.45) is 11.3 Å². The van der Waals surface area contributed by atoms with Crippen LogP contribution in [0.2, 0.25) is 0 Å². The number of amides is 1. The van der Waals surface area contributed by atoms with Gasteiger partial charge in [0, 0.05) is 57.0 Å². The van der Waals surface area contributed by atoms with E-state index in [1.54, 1.807) is 31.0 Å². The summed E-state index contributed by atoms with van der Waals surface area (Å²) in [6, 6.07) is 0.544. The minimum Gasteiger partial charge on any atom is -0.379 e. The van der Waals surface area contributed by atoms with Crippen LogP contribution in [0.15, 0.2) is 31.0 Å². The lowest BCUT2D eigenvalue weighted by molar-refractivity contribution is -0.139. The van der Waals surface area contributed by atoms with Gasteiger partial charge in [0.05, 0.1) is 31.4 Å². The number of morpholine rings is 1. The van der Waals surface area contributed by atoms with E-state index < -0.39 is 5.41 Å². The van der Waals surface area contributed by atoms with Crippen molar-refractivity contribution in [2.45, 2.75) is 38.3 Å². The van der Waals surface area contributed by atoms with E-state index in [9.17, 15) is 4.79 Å². The van der Waals surface area contributed by atoms with Crippen molar-refractivity contribution < 1.29 is 9.53 Å². The van der Waals surface area contributed by atoms with Crippen LogP contribution in [0.4, 0.5) is 5.82 Å². The van der Waals surface area contributed by atoms with Crippen molar-refractivity contribution in [1.29, 1.82) is 0 Å². The second-order valence-electron chi connectivity index (χ2n) is 8.92. The van der Waals surface area contributed by atoms with Crippen LogP contribution in [-0.2, 0) is 16.1 Å². The van der Waals surface area contributed by atoms with E-state index in [-0.39, 0.29) is 5.91 Å². The zero-order chi connectivity index (χ0) is 21.1. The average Bonchev–Trinajstić information content (AvgIpc) is 3.36. The molecule has 2 aliphatic heterocycles. The fourth-order valence-corrected chi connectivity index (χ4v) is 5.66. The molecule has 4 heterocycles. The van der Waals surface area contributed by atoms with Gasteiger partial charge in [-0.2, -0.15) is 0 Å². The molecule has 2 aromatic heterocycles. The molecule has 3 fully saturated rings. The van der Waals surface area contributed by atoms with Crippen LogP contribution in [0.3, 0.4) is 0 Å². The number of aromatic amines is 1. The van der Waals surface area contributed by atoms with E-state index in [4.69, 9.17) is 4.74 Å². The van der Waals surface area contributed by atoms with Gasteiger partial charge in [0.25, 0.3) is 0 Å². The molecule has 2 N–H and O–H groups in total. The minimum atomic E-state index is -0.412. The van der Waals surface area contributed by atoms with E-state index in [1.807, 2.05) is 0 Å². The first-order chi connectivity index (χ1) is 15.2. The number of nitrogens with zero attached hydrogens (tertiary/aromatic N) is 5. The highest BCUT2D eigenvalue weighted by Gasteiger charge is 2.52. The van der Waals surface area contributed by atoms with Crippen LogP contribution in [0.25, 0.3) is 0 Å². The Morgan fingerprint density at radius 2 is 2.10 bits per heavy atom. The smallest absolute Gasteiger partial charge is 0.228 e. The molecule has 5 rings (SSSR count). The van der Waals surface area contributed by atoms with Gasteiger partial charge in [-0.05, 0) is 31.6 Å². The third-order valence-corrected chi connectivity index (χ3v) is 7.34.